The molecule has 0 unspecified atom stereocenters. The van der Waals surface area contributed by atoms with Crippen molar-refractivity contribution >= 4 is 57.6 Å². The van der Waals surface area contributed by atoms with Crippen LogP contribution in [0.25, 0.3) is 10.9 Å². The van der Waals surface area contributed by atoms with Crippen molar-refractivity contribution in [1.82, 2.24) is 4.98 Å². The van der Waals surface area contributed by atoms with Crippen LogP contribution in [-0.2, 0) is 4.74 Å². The van der Waals surface area contributed by atoms with Crippen molar-refractivity contribution < 1.29 is 14.6 Å². The highest BCUT2D eigenvalue weighted by Crippen LogP contribution is 2.39. The van der Waals surface area contributed by atoms with Crippen molar-refractivity contribution in [2.24, 2.45) is 5.92 Å². The third-order valence-electron chi connectivity index (χ3n) is 3.83. The van der Waals surface area contributed by atoms with Crippen LogP contribution in [0, 0.1) is 5.92 Å². The van der Waals surface area contributed by atoms with Gasteiger partial charge in [-0.2, -0.15) is 0 Å². The number of rotatable bonds is 5. The van der Waals surface area contributed by atoms with Crippen molar-refractivity contribution in [2.45, 2.75) is 23.6 Å². The van der Waals surface area contributed by atoms with Crippen LogP contribution in [0.15, 0.2) is 51.0 Å². The first kappa shape index (κ1) is 21.4. The minimum atomic E-state index is -0.531. The first-order valence-corrected chi connectivity index (χ1v) is 10.3. The van der Waals surface area contributed by atoms with E-state index in [2.05, 4.69) is 10.3 Å². The number of nitrogens with one attached hydrogen (secondary N) is 2. The standard InChI is InChI=1S/C20H18Cl2N2O4S/c1-10(2)9-28-20(27)23-12-3-5-13(6-4-12)29-18-17(25)16-14(22)7-11(21)8-15(16)24-19(18)26/h3-8,10H,9H2,1-2H3,(H,23,27)(H2,24,25,26). The van der Waals surface area contributed by atoms with E-state index in [-0.39, 0.29) is 21.6 Å². The quantitative estimate of drug-likeness (QED) is 0.448. The van der Waals surface area contributed by atoms with E-state index in [1.807, 2.05) is 13.8 Å². The van der Waals surface area contributed by atoms with Crippen LogP contribution in [0.3, 0.4) is 0 Å². The molecule has 3 rings (SSSR count). The van der Waals surface area contributed by atoms with Gasteiger partial charge in [0.1, 0.15) is 10.6 Å². The zero-order chi connectivity index (χ0) is 21.1. The molecule has 0 aliphatic heterocycles. The van der Waals surface area contributed by atoms with Gasteiger partial charge >= 0.3 is 6.09 Å². The molecule has 2 aromatic carbocycles. The van der Waals surface area contributed by atoms with E-state index in [4.69, 9.17) is 27.9 Å². The Hall–Kier alpha value is -2.35. The fourth-order valence-electron chi connectivity index (χ4n) is 2.53. The number of carbonyl (C=O) groups excluding carboxylic acids is 1. The molecule has 1 amide bonds. The average molecular weight is 453 g/mol. The highest BCUT2D eigenvalue weighted by Gasteiger charge is 2.16. The molecule has 3 N–H and O–H groups in total. The molecule has 0 radical (unpaired) electrons. The molecule has 0 fully saturated rings. The van der Waals surface area contributed by atoms with Crippen LogP contribution in [0.5, 0.6) is 5.75 Å². The Morgan fingerprint density at radius 2 is 1.93 bits per heavy atom. The summed E-state index contributed by atoms with van der Waals surface area (Å²) < 4.78 is 5.07. The number of aromatic nitrogens is 1. The molecule has 9 heteroatoms. The number of ether oxygens (including phenoxy) is 1. The molecule has 152 valence electrons. The van der Waals surface area contributed by atoms with Crippen molar-refractivity contribution in [2.75, 3.05) is 11.9 Å². The fourth-order valence-corrected chi connectivity index (χ4v) is 3.96. The van der Waals surface area contributed by atoms with Crippen LogP contribution in [0.4, 0.5) is 10.5 Å². The molecule has 29 heavy (non-hydrogen) atoms. The number of amides is 1. The minimum Gasteiger partial charge on any atom is -0.506 e. The van der Waals surface area contributed by atoms with E-state index in [9.17, 15) is 14.7 Å². The Morgan fingerprint density at radius 3 is 2.59 bits per heavy atom. The number of carbonyl (C=O) groups is 1. The summed E-state index contributed by atoms with van der Waals surface area (Å²) in [7, 11) is 0. The molecule has 1 aromatic heterocycles. The summed E-state index contributed by atoms with van der Waals surface area (Å²) in [5, 5.41) is 14.1. The van der Waals surface area contributed by atoms with Gasteiger partial charge in [0.2, 0.25) is 0 Å². The number of aromatic hydroxyl groups is 1. The van der Waals surface area contributed by atoms with Crippen molar-refractivity contribution in [1.29, 1.82) is 0 Å². The predicted molar refractivity (Wildman–Crippen MR) is 117 cm³/mol. The van der Waals surface area contributed by atoms with Gasteiger partial charge in [-0.1, -0.05) is 48.8 Å². The van der Waals surface area contributed by atoms with E-state index in [1.165, 1.54) is 12.1 Å². The Labute approximate surface area is 181 Å². The molecule has 0 atom stereocenters. The Morgan fingerprint density at radius 1 is 1.24 bits per heavy atom. The second kappa shape index (κ2) is 8.98. The molecule has 0 saturated heterocycles. The number of hydrogen-bond donors (Lipinski definition) is 3. The van der Waals surface area contributed by atoms with Gasteiger partial charge in [0, 0.05) is 15.6 Å². The zero-order valence-electron chi connectivity index (χ0n) is 15.6. The summed E-state index contributed by atoms with van der Waals surface area (Å²) in [6, 6.07) is 9.81. The van der Waals surface area contributed by atoms with Crippen molar-refractivity contribution in [3.63, 3.8) is 0 Å². The maximum Gasteiger partial charge on any atom is 0.411 e. The lowest BCUT2D eigenvalue weighted by Gasteiger charge is -2.10. The lowest BCUT2D eigenvalue weighted by Crippen LogP contribution is -2.16. The number of pyridine rings is 1. The second-order valence-electron chi connectivity index (χ2n) is 6.69. The van der Waals surface area contributed by atoms with E-state index in [0.717, 1.165) is 11.8 Å². The highest BCUT2D eigenvalue weighted by molar-refractivity contribution is 7.99. The molecule has 1 heterocycles. The number of hydrogen-bond acceptors (Lipinski definition) is 5. The third kappa shape index (κ3) is 5.18. The minimum absolute atomic E-state index is 0.110. The number of aromatic amines is 1. The molecular formula is C20H18Cl2N2O4S. The Kier molecular flexibility index (Phi) is 6.62. The van der Waals surface area contributed by atoms with E-state index in [0.29, 0.717) is 33.1 Å². The van der Waals surface area contributed by atoms with E-state index in [1.54, 1.807) is 24.3 Å². The maximum atomic E-state index is 12.4. The molecular weight excluding hydrogens is 435 g/mol. The summed E-state index contributed by atoms with van der Waals surface area (Å²) in [5.74, 6) is 0.0339. The molecule has 0 bridgehead atoms. The van der Waals surface area contributed by atoms with Gasteiger partial charge in [-0.05, 0) is 42.3 Å². The maximum absolute atomic E-state index is 12.4. The largest absolute Gasteiger partial charge is 0.506 e. The lowest BCUT2D eigenvalue weighted by molar-refractivity contribution is 0.147. The van der Waals surface area contributed by atoms with Gasteiger partial charge in [0.05, 0.1) is 22.5 Å². The van der Waals surface area contributed by atoms with Crippen LogP contribution in [-0.4, -0.2) is 22.8 Å². The van der Waals surface area contributed by atoms with Crippen molar-refractivity contribution in [3.05, 3.63) is 56.8 Å². The second-order valence-corrected chi connectivity index (χ2v) is 8.61. The molecule has 0 spiro atoms. The normalized spacial score (nSPS) is 11.1. The molecule has 3 aromatic rings. The fraction of sp³-hybridized carbons (Fsp3) is 0.200. The van der Waals surface area contributed by atoms with Gasteiger partial charge in [-0.3, -0.25) is 10.1 Å². The average Bonchev–Trinajstić information content (AvgIpc) is 2.64. The molecule has 0 saturated carbocycles. The summed E-state index contributed by atoms with van der Waals surface area (Å²) in [6.07, 6.45) is -0.531. The number of benzene rings is 2. The summed E-state index contributed by atoms with van der Waals surface area (Å²) >= 11 is 13.2. The third-order valence-corrected chi connectivity index (χ3v) is 5.44. The molecule has 6 nitrogen and oxygen atoms in total. The van der Waals surface area contributed by atoms with Gasteiger partial charge < -0.3 is 14.8 Å². The number of fused-ring (bicyclic) bond motifs is 1. The first-order valence-electron chi connectivity index (χ1n) is 8.70. The first-order chi connectivity index (χ1) is 13.7. The smallest absolute Gasteiger partial charge is 0.411 e. The van der Waals surface area contributed by atoms with Crippen LogP contribution in [0.2, 0.25) is 10.0 Å². The van der Waals surface area contributed by atoms with E-state index >= 15 is 0 Å². The van der Waals surface area contributed by atoms with Gasteiger partial charge in [-0.15, -0.1) is 0 Å². The topological polar surface area (TPSA) is 91.4 Å². The van der Waals surface area contributed by atoms with Gasteiger partial charge in [0.15, 0.2) is 0 Å². The summed E-state index contributed by atoms with van der Waals surface area (Å²) in [4.78, 5) is 27.6. The SMILES string of the molecule is CC(C)COC(=O)Nc1ccc(Sc2c(O)c3c(Cl)cc(Cl)cc3[nH]c2=O)cc1. The summed E-state index contributed by atoms with van der Waals surface area (Å²) in [5.41, 5.74) is 0.448. The number of H-pyrrole nitrogens is 1. The van der Waals surface area contributed by atoms with Crippen LogP contribution < -0.4 is 10.9 Å². The van der Waals surface area contributed by atoms with Crippen LogP contribution in [0.1, 0.15) is 13.8 Å². The van der Waals surface area contributed by atoms with Gasteiger partial charge in [0.25, 0.3) is 5.56 Å². The van der Waals surface area contributed by atoms with Crippen LogP contribution >= 0.6 is 35.0 Å². The highest BCUT2D eigenvalue weighted by atomic mass is 35.5. The van der Waals surface area contributed by atoms with Gasteiger partial charge in [-0.25, -0.2) is 4.79 Å². The number of anilines is 1. The Balaban J connectivity index is 1.81. The Bertz CT molecular complexity index is 1110. The van der Waals surface area contributed by atoms with E-state index < -0.39 is 11.7 Å². The summed E-state index contributed by atoms with van der Waals surface area (Å²) in [6.45, 7) is 4.23. The number of halogens is 2. The molecule has 0 aliphatic carbocycles. The predicted octanol–water partition coefficient (Wildman–Crippen LogP) is 5.90. The monoisotopic (exact) mass is 452 g/mol. The van der Waals surface area contributed by atoms with Crippen molar-refractivity contribution in [3.8, 4) is 5.75 Å². The lowest BCUT2D eigenvalue weighted by atomic mass is 10.2. The zero-order valence-corrected chi connectivity index (χ0v) is 17.9. The molecule has 0 aliphatic rings.